The fourth-order valence-electron chi connectivity index (χ4n) is 5.78. The largest absolute Gasteiger partial charge is 0.360 e. The topological polar surface area (TPSA) is 55.1 Å². The first-order valence-corrected chi connectivity index (χ1v) is 10.4. The number of nitrogens with zero attached hydrogens (tertiary/aromatic N) is 1. The third kappa shape index (κ3) is 3.37. The Labute approximate surface area is 148 Å². The number of rotatable bonds is 6. The van der Waals surface area contributed by atoms with Gasteiger partial charge in [0.1, 0.15) is 5.76 Å². The number of carbonyl (C=O) groups excluding carboxylic acids is 1. The Kier molecular flexibility index (Phi) is 4.40. The van der Waals surface area contributed by atoms with Gasteiger partial charge >= 0.3 is 0 Å². The molecule has 0 spiro atoms. The van der Waals surface area contributed by atoms with Gasteiger partial charge in [0.05, 0.1) is 5.25 Å². The van der Waals surface area contributed by atoms with Crippen LogP contribution in [0.25, 0.3) is 0 Å². The molecule has 1 aromatic rings. The van der Waals surface area contributed by atoms with E-state index in [0.29, 0.717) is 17.0 Å². The van der Waals surface area contributed by atoms with Crippen LogP contribution >= 0.6 is 11.8 Å². The summed E-state index contributed by atoms with van der Waals surface area (Å²) in [7, 11) is 0. The molecule has 0 aliphatic heterocycles. The molecule has 24 heavy (non-hydrogen) atoms. The van der Waals surface area contributed by atoms with Gasteiger partial charge in [-0.3, -0.25) is 4.79 Å². The summed E-state index contributed by atoms with van der Waals surface area (Å²) in [5.74, 6) is 5.39. The number of carbonyl (C=O) groups is 1. The van der Waals surface area contributed by atoms with Crippen molar-refractivity contribution < 1.29 is 9.32 Å². The summed E-state index contributed by atoms with van der Waals surface area (Å²) in [5.41, 5.74) is 0.612. The third-order valence-electron chi connectivity index (χ3n) is 6.41. The first-order chi connectivity index (χ1) is 11.5. The molecule has 4 bridgehead atoms. The summed E-state index contributed by atoms with van der Waals surface area (Å²) in [4.78, 5) is 12.3. The van der Waals surface area contributed by atoms with E-state index >= 15 is 0 Å². The fourth-order valence-corrected chi connectivity index (χ4v) is 6.89. The molecule has 0 radical (unpaired) electrons. The highest BCUT2D eigenvalue weighted by Crippen LogP contribution is 2.61. The summed E-state index contributed by atoms with van der Waals surface area (Å²) >= 11 is 1.79. The van der Waals surface area contributed by atoms with E-state index in [9.17, 15) is 4.79 Å². The van der Waals surface area contributed by atoms with Gasteiger partial charge in [0.2, 0.25) is 5.91 Å². The predicted octanol–water partition coefficient (Wildman–Crippen LogP) is 4.65. The van der Waals surface area contributed by atoms with Crippen LogP contribution in [0.2, 0.25) is 0 Å². The lowest BCUT2D eigenvalue weighted by atomic mass is 9.49. The zero-order valence-electron chi connectivity index (χ0n) is 14.7. The minimum Gasteiger partial charge on any atom is -0.360 e. The maximum Gasteiger partial charge on any atom is 0.238 e. The molecule has 0 aromatic carbocycles. The van der Waals surface area contributed by atoms with Crippen molar-refractivity contribution >= 4 is 23.5 Å². The number of nitrogens with one attached hydrogen (secondary N) is 1. The van der Waals surface area contributed by atoms with Crippen molar-refractivity contribution in [3.05, 3.63) is 11.8 Å². The number of hydrogen-bond acceptors (Lipinski definition) is 4. The molecule has 4 aliphatic rings. The SMILES string of the molecule is Cc1cc(NC(=O)C(C)SCCC23CC4CC(CC(C4)C2)C3)no1. The number of hydrogen-bond donors (Lipinski definition) is 1. The van der Waals surface area contributed by atoms with Gasteiger partial charge < -0.3 is 9.84 Å². The minimum absolute atomic E-state index is 0.0267. The molecule has 5 rings (SSSR count). The van der Waals surface area contributed by atoms with E-state index in [2.05, 4.69) is 10.5 Å². The Bertz CT molecular complexity index is 577. The van der Waals surface area contributed by atoms with Crippen molar-refractivity contribution in [3.8, 4) is 0 Å². The molecule has 1 atom stereocenters. The van der Waals surface area contributed by atoms with E-state index in [0.717, 1.165) is 23.5 Å². The molecule has 4 saturated carbocycles. The Morgan fingerprint density at radius 2 is 1.96 bits per heavy atom. The Morgan fingerprint density at radius 1 is 1.33 bits per heavy atom. The lowest BCUT2D eigenvalue weighted by molar-refractivity contribution is -0.115. The molecule has 1 unspecified atom stereocenters. The highest BCUT2D eigenvalue weighted by molar-refractivity contribution is 8.00. The van der Waals surface area contributed by atoms with E-state index in [1.807, 2.05) is 13.8 Å². The van der Waals surface area contributed by atoms with Crippen molar-refractivity contribution in [2.45, 2.75) is 64.0 Å². The molecule has 1 heterocycles. The molecule has 4 aliphatic carbocycles. The van der Waals surface area contributed by atoms with Gasteiger partial charge in [-0.15, -0.1) is 11.8 Å². The molecular weight excluding hydrogens is 320 g/mol. The van der Waals surface area contributed by atoms with Crippen LogP contribution in [-0.2, 0) is 4.79 Å². The maximum atomic E-state index is 12.3. The van der Waals surface area contributed by atoms with Crippen LogP contribution in [0.3, 0.4) is 0 Å². The fraction of sp³-hybridized carbons (Fsp3) is 0.789. The van der Waals surface area contributed by atoms with Crippen molar-refractivity contribution in [1.29, 1.82) is 0 Å². The number of aryl methyl sites for hydroxylation is 1. The second-order valence-corrected chi connectivity index (χ2v) is 9.94. The summed E-state index contributed by atoms with van der Waals surface area (Å²) in [6, 6.07) is 1.75. The predicted molar refractivity (Wildman–Crippen MR) is 97.0 cm³/mol. The Morgan fingerprint density at radius 3 is 2.50 bits per heavy atom. The van der Waals surface area contributed by atoms with E-state index in [1.165, 1.54) is 44.9 Å². The first-order valence-electron chi connectivity index (χ1n) is 9.37. The third-order valence-corrected chi connectivity index (χ3v) is 7.57. The summed E-state index contributed by atoms with van der Waals surface area (Å²) < 4.78 is 4.99. The Balaban J connectivity index is 1.25. The van der Waals surface area contributed by atoms with Gasteiger partial charge in [0.15, 0.2) is 5.82 Å². The van der Waals surface area contributed by atoms with Crippen molar-refractivity contribution in [3.63, 3.8) is 0 Å². The van der Waals surface area contributed by atoms with Crippen molar-refractivity contribution in [2.75, 3.05) is 11.1 Å². The second-order valence-electron chi connectivity index (χ2n) is 8.49. The molecular formula is C19H28N2O2S. The van der Waals surface area contributed by atoms with Crippen molar-refractivity contribution in [2.24, 2.45) is 23.2 Å². The molecule has 1 N–H and O–H groups in total. The zero-order valence-corrected chi connectivity index (χ0v) is 15.5. The summed E-state index contributed by atoms with van der Waals surface area (Å²) in [6.07, 6.45) is 10.2. The normalized spacial score (nSPS) is 35.2. The van der Waals surface area contributed by atoms with Crippen LogP contribution in [0.5, 0.6) is 0 Å². The van der Waals surface area contributed by atoms with Gasteiger partial charge in [0.25, 0.3) is 0 Å². The van der Waals surface area contributed by atoms with Crippen LogP contribution in [0.4, 0.5) is 5.82 Å². The number of thioether (sulfide) groups is 1. The Hall–Kier alpha value is -0.970. The smallest absolute Gasteiger partial charge is 0.238 e. The molecule has 132 valence electrons. The molecule has 1 amide bonds. The summed E-state index contributed by atoms with van der Waals surface area (Å²) in [5, 5.41) is 6.63. The lowest BCUT2D eigenvalue weighted by Gasteiger charge is -2.57. The van der Waals surface area contributed by atoms with Gasteiger partial charge in [-0.2, -0.15) is 0 Å². The van der Waals surface area contributed by atoms with Crippen LogP contribution in [0, 0.1) is 30.1 Å². The van der Waals surface area contributed by atoms with E-state index in [1.54, 1.807) is 17.8 Å². The van der Waals surface area contributed by atoms with Crippen LogP contribution in [0.1, 0.15) is 57.6 Å². The average Bonchev–Trinajstić information content (AvgIpc) is 2.90. The quantitative estimate of drug-likeness (QED) is 0.813. The standard InChI is InChI=1S/C19H28N2O2S/c1-12-5-17(21-23-12)20-18(22)13(2)24-4-3-19-9-14-6-15(10-19)8-16(7-14)11-19/h5,13-16H,3-4,6-11H2,1-2H3,(H,20,21,22). The van der Waals surface area contributed by atoms with E-state index < -0.39 is 0 Å². The number of aromatic nitrogens is 1. The minimum atomic E-state index is -0.0454. The number of amides is 1. The highest BCUT2D eigenvalue weighted by atomic mass is 32.2. The number of anilines is 1. The van der Waals surface area contributed by atoms with E-state index in [-0.39, 0.29) is 11.2 Å². The monoisotopic (exact) mass is 348 g/mol. The van der Waals surface area contributed by atoms with Crippen molar-refractivity contribution in [1.82, 2.24) is 5.16 Å². The molecule has 4 nitrogen and oxygen atoms in total. The zero-order chi connectivity index (χ0) is 16.7. The van der Waals surface area contributed by atoms with Crippen LogP contribution in [-0.4, -0.2) is 22.1 Å². The van der Waals surface area contributed by atoms with Gasteiger partial charge in [-0.05, 0) is 87.7 Å². The van der Waals surface area contributed by atoms with Crippen LogP contribution in [0.15, 0.2) is 10.6 Å². The van der Waals surface area contributed by atoms with Gasteiger partial charge in [-0.1, -0.05) is 5.16 Å². The van der Waals surface area contributed by atoms with E-state index in [4.69, 9.17) is 4.52 Å². The molecule has 4 fully saturated rings. The van der Waals surface area contributed by atoms with Gasteiger partial charge in [-0.25, -0.2) is 0 Å². The van der Waals surface area contributed by atoms with Crippen LogP contribution < -0.4 is 5.32 Å². The first kappa shape index (κ1) is 16.5. The maximum absolute atomic E-state index is 12.3. The van der Waals surface area contributed by atoms with Gasteiger partial charge in [0, 0.05) is 6.07 Å². The summed E-state index contributed by atoms with van der Waals surface area (Å²) in [6.45, 7) is 3.82. The second kappa shape index (κ2) is 6.40. The highest BCUT2D eigenvalue weighted by Gasteiger charge is 2.50. The molecule has 0 saturated heterocycles. The average molecular weight is 349 g/mol. The lowest BCUT2D eigenvalue weighted by Crippen LogP contribution is -2.46. The molecule has 1 aromatic heterocycles. The molecule has 5 heteroatoms.